The molecule has 0 aliphatic carbocycles. The maximum Gasteiger partial charge on any atom is 0.240 e. The van der Waals surface area contributed by atoms with Gasteiger partial charge in [-0.3, -0.25) is 9.59 Å². The number of hydrogen-bond acceptors (Lipinski definition) is 6. The minimum atomic E-state index is -0.566. The number of nitrogens with one attached hydrogen (secondary N) is 1. The van der Waals surface area contributed by atoms with E-state index in [-0.39, 0.29) is 29.9 Å². The van der Waals surface area contributed by atoms with Gasteiger partial charge in [0.05, 0.1) is 36.1 Å². The lowest BCUT2D eigenvalue weighted by atomic mass is 9.85. The van der Waals surface area contributed by atoms with E-state index in [1.165, 1.54) is 0 Å². The summed E-state index contributed by atoms with van der Waals surface area (Å²) < 4.78 is 11.7. The lowest BCUT2D eigenvalue weighted by molar-refractivity contribution is -0.129. The van der Waals surface area contributed by atoms with Crippen LogP contribution in [-0.4, -0.2) is 58.5 Å². The lowest BCUT2D eigenvalue weighted by Gasteiger charge is -2.26. The summed E-state index contributed by atoms with van der Waals surface area (Å²) >= 11 is 0. The van der Waals surface area contributed by atoms with Crippen molar-refractivity contribution in [2.24, 2.45) is 5.92 Å². The van der Waals surface area contributed by atoms with Gasteiger partial charge in [-0.1, -0.05) is 24.3 Å². The Labute approximate surface area is 239 Å². The molecule has 4 heterocycles. The van der Waals surface area contributed by atoms with Crippen molar-refractivity contribution >= 4 is 28.5 Å². The molecule has 0 spiro atoms. The van der Waals surface area contributed by atoms with E-state index in [4.69, 9.17) is 14.5 Å². The molecule has 1 fully saturated rings. The number of amides is 2. The molecule has 41 heavy (non-hydrogen) atoms. The number of H-pyrrole nitrogens is 1. The Morgan fingerprint density at radius 1 is 1.07 bits per heavy atom. The van der Waals surface area contributed by atoms with Crippen molar-refractivity contribution in [1.29, 1.82) is 0 Å². The minimum Gasteiger partial charge on any atom is -0.497 e. The average molecular weight is 554 g/mol. The Balaban J connectivity index is 1.24. The minimum absolute atomic E-state index is 0.00788. The summed E-state index contributed by atoms with van der Waals surface area (Å²) in [7, 11) is 3.45. The van der Waals surface area contributed by atoms with Crippen LogP contribution in [-0.2, 0) is 15.0 Å². The fourth-order valence-electron chi connectivity index (χ4n) is 6.07. The number of hydrogen-bond donors (Lipinski definition) is 1. The Morgan fingerprint density at radius 2 is 1.83 bits per heavy atom. The van der Waals surface area contributed by atoms with Gasteiger partial charge in [0.1, 0.15) is 17.4 Å². The molecule has 212 valence electrons. The molecule has 4 aromatic rings. The largest absolute Gasteiger partial charge is 0.497 e. The van der Waals surface area contributed by atoms with Gasteiger partial charge in [0.2, 0.25) is 17.7 Å². The van der Waals surface area contributed by atoms with Crippen LogP contribution >= 0.6 is 0 Å². The second-order valence-electron chi connectivity index (χ2n) is 11.6. The van der Waals surface area contributed by atoms with Crippen molar-refractivity contribution in [3.8, 4) is 22.9 Å². The van der Waals surface area contributed by atoms with E-state index in [2.05, 4.69) is 16.9 Å². The SMILES string of the molecule is COc1ccc([C@@H](C)N2C[C@H]([C@@H](C)Oc3nc(-c4ccc5c(c4)N(C)C(=O)C5(C)C)cc4nc[nH]c34)CC2=O)cc1. The normalized spacial score (nSPS) is 19.5. The molecule has 0 unspecified atom stereocenters. The Kier molecular flexibility index (Phi) is 6.47. The van der Waals surface area contributed by atoms with Crippen LogP contribution in [0.3, 0.4) is 0 Å². The number of imidazole rings is 1. The standard InChI is InChI=1S/C32H35N5O4/c1-18(20-7-10-23(40-6)11-8-20)37-16-22(14-28(37)38)19(2)41-30-29-26(33-17-34-29)15-25(35-30)21-9-12-24-27(13-21)36(5)31(39)32(24,3)4/h7-13,15,17-19,22H,14,16H2,1-6H3,(H,33,34)/t18-,19-,22-/m1/s1. The van der Waals surface area contributed by atoms with Gasteiger partial charge in [-0.25, -0.2) is 9.97 Å². The van der Waals surface area contributed by atoms with Crippen molar-refractivity contribution in [2.45, 2.75) is 51.7 Å². The van der Waals surface area contributed by atoms with Gasteiger partial charge in [-0.2, -0.15) is 0 Å². The third-order valence-electron chi connectivity index (χ3n) is 8.76. The monoisotopic (exact) mass is 553 g/mol. The maximum atomic E-state index is 13.1. The van der Waals surface area contributed by atoms with E-state index in [0.29, 0.717) is 30.1 Å². The molecule has 1 N–H and O–H groups in total. The number of likely N-dealkylation sites (tertiary alicyclic amines) is 1. The number of anilines is 1. The molecule has 0 saturated carbocycles. The predicted molar refractivity (Wildman–Crippen MR) is 157 cm³/mol. The molecule has 2 aliphatic heterocycles. The van der Waals surface area contributed by atoms with Crippen LogP contribution < -0.4 is 14.4 Å². The van der Waals surface area contributed by atoms with Crippen LogP contribution in [0.1, 0.15) is 51.3 Å². The van der Waals surface area contributed by atoms with Gasteiger partial charge in [-0.15, -0.1) is 0 Å². The van der Waals surface area contributed by atoms with E-state index in [1.54, 1.807) is 18.3 Å². The quantitative estimate of drug-likeness (QED) is 0.335. The number of methoxy groups -OCH3 is 1. The number of likely N-dealkylation sites (N-methyl/N-ethyl adjacent to an activating group) is 1. The zero-order valence-corrected chi connectivity index (χ0v) is 24.3. The van der Waals surface area contributed by atoms with Gasteiger partial charge >= 0.3 is 0 Å². The number of rotatable bonds is 7. The number of nitrogens with zero attached hydrogens (tertiary/aromatic N) is 4. The Bertz CT molecular complexity index is 1640. The van der Waals surface area contributed by atoms with Crippen LogP contribution in [0.25, 0.3) is 22.3 Å². The van der Waals surface area contributed by atoms with Crippen molar-refractivity contribution < 1.29 is 19.1 Å². The smallest absolute Gasteiger partial charge is 0.240 e. The maximum absolute atomic E-state index is 13.1. The summed E-state index contributed by atoms with van der Waals surface area (Å²) in [6.07, 6.45) is 1.78. The number of carbonyl (C=O) groups is 2. The highest BCUT2D eigenvalue weighted by Crippen LogP contribution is 2.43. The molecule has 6 rings (SSSR count). The number of pyridine rings is 1. The molecule has 2 aliphatic rings. The van der Waals surface area contributed by atoms with E-state index >= 15 is 0 Å². The average Bonchev–Trinajstić information content (AvgIpc) is 3.66. The van der Waals surface area contributed by atoms with Gasteiger partial charge < -0.3 is 24.3 Å². The Morgan fingerprint density at radius 3 is 2.56 bits per heavy atom. The lowest BCUT2D eigenvalue weighted by Crippen LogP contribution is -2.33. The zero-order chi connectivity index (χ0) is 29.1. The number of benzene rings is 2. The molecule has 9 heteroatoms. The molecule has 0 bridgehead atoms. The summed E-state index contributed by atoms with van der Waals surface area (Å²) in [5.74, 6) is 1.43. The molecule has 0 radical (unpaired) electrons. The van der Waals surface area contributed by atoms with Crippen LogP contribution in [0, 0.1) is 5.92 Å². The molecular formula is C32H35N5O4. The van der Waals surface area contributed by atoms with Crippen LogP contribution in [0.15, 0.2) is 54.9 Å². The number of aromatic nitrogens is 3. The van der Waals surface area contributed by atoms with Crippen molar-refractivity contribution in [2.75, 3.05) is 25.6 Å². The predicted octanol–water partition coefficient (Wildman–Crippen LogP) is 5.26. The van der Waals surface area contributed by atoms with Crippen LogP contribution in [0.5, 0.6) is 11.6 Å². The molecule has 1 saturated heterocycles. The number of ether oxygens (including phenoxy) is 2. The highest BCUT2D eigenvalue weighted by molar-refractivity contribution is 6.07. The van der Waals surface area contributed by atoms with E-state index in [9.17, 15) is 9.59 Å². The number of fused-ring (bicyclic) bond motifs is 2. The summed E-state index contributed by atoms with van der Waals surface area (Å²) in [4.78, 5) is 42.0. The second-order valence-corrected chi connectivity index (χ2v) is 11.6. The number of carbonyl (C=O) groups excluding carboxylic acids is 2. The molecule has 9 nitrogen and oxygen atoms in total. The zero-order valence-electron chi connectivity index (χ0n) is 24.3. The third kappa shape index (κ3) is 4.49. The fraction of sp³-hybridized carbons (Fsp3) is 0.375. The second kappa shape index (κ2) is 9.90. The first-order valence-electron chi connectivity index (χ1n) is 14.0. The first-order chi connectivity index (χ1) is 19.6. The van der Waals surface area contributed by atoms with Crippen molar-refractivity contribution in [3.05, 3.63) is 66.0 Å². The highest BCUT2D eigenvalue weighted by Gasteiger charge is 2.42. The first-order valence-corrected chi connectivity index (χ1v) is 14.0. The van der Waals surface area contributed by atoms with Crippen molar-refractivity contribution in [3.63, 3.8) is 0 Å². The summed E-state index contributed by atoms with van der Waals surface area (Å²) in [6, 6.07) is 15.7. The van der Waals surface area contributed by atoms with E-state index < -0.39 is 5.41 Å². The van der Waals surface area contributed by atoms with Gasteiger partial charge in [0.15, 0.2) is 0 Å². The molecular weight excluding hydrogens is 518 g/mol. The number of aromatic amines is 1. The Hall–Kier alpha value is -4.40. The molecule has 2 aromatic heterocycles. The summed E-state index contributed by atoms with van der Waals surface area (Å²) in [5.41, 5.74) is 5.40. The molecule has 2 amide bonds. The van der Waals surface area contributed by atoms with Gasteiger partial charge in [0.25, 0.3) is 0 Å². The van der Waals surface area contributed by atoms with Gasteiger partial charge in [-0.05, 0) is 63.1 Å². The summed E-state index contributed by atoms with van der Waals surface area (Å²) in [6.45, 7) is 8.54. The third-order valence-corrected chi connectivity index (χ3v) is 8.76. The van der Waals surface area contributed by atoms with Crippen LogP contribution in [0.4, 0.5) is 5.69 Å². The topological polar surface area (TPSA) is 101 Å². The van der Waals surface area contributed by atoms with Crippen molar-refractivity contribution in [1.82, 2.24) is 19.9 Å². The van der Waals surface area contributed by atoms with Crippen LogP contribution in [0.2, 0.25) is 0 Å². The fourth-order valence-corrected chi connectivity index (χ4v) is 6.07. The summed E-state index contributed by atoms with van der Waals surface area (Å²) in [5, 5.41) is 0. The molecule has 2 aromatic carbocycles. The first kappa shape index (κ1) is 26.8. The highest BCUT2D eigenvalue weighted by atomic mass is 16.5. The molecule has 3 atom stereocenters. The van der Waals surface area contributed by atoms with Gasteiger partial charge in [0, 0.05) is 37.2 Å². The van der Waals surface area contributed by atoms with E-state index in [0.717, 1.165) is 33.6 Å². The van der Waals surface area contributed by atoms with E-state index in [1.807, 2.05) is 81.2 Å².